The Morgan fingerprint density at radius 2 is 1.79 bits per heavy atom. The Morgan fingerprint density at radius 1 is 1.04 bits per heavy atom. The van der Waals surface area contributed by atoms with E-state index in [9.17, 15) is 14.7 Å². The number of aliphatic hydroxyl groups excluding tert-OH is 1. The highest BCUT2D eigenvalue weighted by molar-refractivity contribution is 6.10. The fourth-order valence-electron chi connectivity index (χ4n) is 4.93. The Bertz CT molecular complexity index is 750. The molecule has 5 heteroatoms. The van der Waals surface area contributed by atoms with Crippen molar-refractivity contribution in [3.05, 3.63) is 41.5 Å². The highest BCUT2D eigenvalue weighted by atomic mass is 16.3. The molecule has 1 aliphatic carbocycles. The number of aliphatic hydroxyl groups is 1. The van der Waals surface area contributed by atoms with Crippen molar-refractivity contribution in [3.8, 4) is 0 Å². The average molecular weight is 383 g/mol. The van der Waals surface area contributed by atoms with Gasteiger partial charge in [-0.2, -0.15) is 0 Å². The predicted octanol–water partition coefficient (Wildman–Crippen LogP) is 2.64. The fraction of sp³-hybridized carbons (Fsp3) is 0.565. The first kappa shape index (κ1) is 19.3. The molecule has 3 aliphatic rings. The van der Waals surface area contributed by atoms with Crippen molar-refractivity contribution in [1.29, 1.82) is 0 Å². The third-order valence-electron chi connectivity index (χ3n) is 6.51. The lowest BCUT2D eigenvalue weighted by Crippen LogP contribution is -2.50. The van der Waals surface area contributed by atoms with Gasteiger partial charge in [0.05, 0.1) is 12.5 Å². The molecule has 5 nitrogen and oxygen atoms in total. The second-order valence-corrected chi connectivity index (χ2v) is 8.33. The highest BCUT2D eigenvalue weighted by Crippen LogP contribution is 2.34. The molecule has 28 heavy (non-hydrogen) atoms. The first-order chi connectivity index (χ1) is 13.6. The first-order valence-electron chi connectivity index (χ1n) is 10.6. The summed E-state index contributed by atoms with van der Waals surface area (Å²) in [5.41, 5.74) is 2.84. The van der Waals surface area contributed by atoms with E-state index in [1.807, 2.05) is 35.2 Å². The molecule has 1 N–H and O–H groups in total. The number of benzene rings is 1. The van der Waals surface area contributed by atoms with E-state index in [1.165, 1.54) is 0 Å². The van der Waals surface area contributed by atoms with Crippen LogP contribution >= 0.6 is 0 Å². The van der Waals surface area contributed by atoms with Crippen LogP contribution in [-0.2, 0) is 9.59 Å². The Kier molecular flexibility index (Phi) is 5.93. The highest BCUT2D eigenvalue weighted by Gasteiger charge is 2.32. The Hall–Kier alpha value is -1.98. The molecule has 1 atom stereocenters. The van der Waals surface area contributed by atoms with Crippen molar-refractivity contribution in [2.75, 3.05) is 26.2 Å². The van der Waals surface area contributed by atoms with E-state index >= 15 is 0 Å². The lowest BCUT2D eigenvalue weighted by atomic mass is 9.97. The number of piperidine rings is 2. The molecule has 2 aliphatic heterocycles. The van der Waals surface area contributed by atoms with Crippen LogP contribution in [0.15, 0.2) is 35.9 Å². The van der Waals surface area contributed by atoms with Gasteiger partial charge < -0.3 is 10.0 Å². The van der Waals surface area contributed by atoms with Crippen molar-refractivity contribution < 1.29 is 14.7 Å². The number of ketones is 1. The van der Waals surface area contributed by atoms with Gasteiger partial charge in [-0.05, 0) is 49.8 Å². The van der Waals surface area contributed by atoms with Crippen LogP contribution in [0.1, 0.15) is 50.5 Å². The summed E-state index contributed by atoms with van der Waals surface area (Å²) in [6.07, 6.45) is 5.16. The van der Waals surface area contributed by atoms with E-state index in [4.69, 9.17) is 0 Å². The zero-order chi connectivity index (χ0) is 19.5. The van der Waals surface area contributed by atoms with E-state index in [0.717, 1.165) is 75.0 Å². The minimum absolute atomic E-state index is 0.0795. The van der Waals surface area contributed by atoms with E-state index in [0.29, 0.717) is 12.5 Å². The van der Waals surface area contributed by atoms with Crippen molar-refractivity contribution >= 4 is 17.3 Å². The molecule has 0 radical (unpaired) electrons. The summed E-state index contributed by atoms with van der Waals surface area (Å²) < 4.78 is 0. The summed E-state index contributed by atoms with van der Waals surface area (Å²) in [6.45, 7) is 3.31. The molecule has 1 amide bonds. The number of hydrogen-bond acceptors (Lipinski definition) is 4. The number of β-amino-alcohol motifs (C(OH)–C–C–N with tert-alkyl or cyclic N) is 1. The fourth-order valence-corrected chi connectivity index (χ4v) is 4.93. The van der Waals surface area contributed by atoms with Crippen LogP contribution in [0, 0.1) is 0 Å². The summed E-state index contributed by atoms with van der Waals surface area (Å²) in [7, 11) is 0. The molecule has 1 aromatic rings. The molecule has 0 bridgehead atoms. The van der Waals surface area contributed by atoms with Crippen molar-refractivity contribution in [1.82, 2.24) is 9.80 Å². The maximum atomic E-state index is 12.9. The normalized spacial score (nSPS) is 24.8. The molecule has 1 aromatic carbocycles. The number of carbonyl (C=O) groups excluding carboxylic acids is 2. The molecule has 0 aromatic heterocycles. The van der Waals surface area contributed by atoms with Crippen LogP contribution < -0.4 is 0 Å². The number of nitrogens with zero attached hydrogens (tertiary/aromatic N) is 2. The summed E-state index contributed by atoms with van der Waals surface area (Å²) in [4.78, 5) is 29.6. The lowest BCUT2D eigenvalue weighted by Gasteiger charge is -2.41. The monoisotopic (exact) mass is 382 g/mol. The maximum absolute atomic E-state index is 12.9. The maximum Gasteiger partial charge on any atom is 0.227 e. The van der Waals surface area contributed by atoms with Gasteiger partial charge >= 0.3 is 0 Å². The predicted molar refractivity (Wildman–Crippen MR) is 109 cm³/mol. The molecule has 150 valence electrons. The van der Waals surface area contributed by atoms with Gasteiger partial charge in [0.2, 0.25) is 5.91 Å². The molecule has 2 fully saturated rings. The van der Waals surface area contributed by atoms with Gasteiger partial charge in [-0.3, -0.25) is 14.5 Å². The Balaban J connectivity index is 1.37. The summed E-state index contributed by atoms with van der Waals surface area (Å²) in [5.74, 6) is 0.209. The van der Waals surface area contributed by atoms with Gasteiger partial charge in [0, 0.05) is 37.7 Å². The quantitative estimate of drug-likeness (QED) is 0.870. The molecular weight excluding hydrogens is 352 g/mol. The van der Waals surface area contributed by atoms with Crippen LogP contribution in [-0.4, -0.2) is 64.9 Å². The van der Waals surface area contributed by atoms with Crippen LogP contribution in [0.4, 0.5) is 0 Å². The van der Waals surface area contributed by atoms with Crippen LogP contribution in [0.3, 0.4) is 0 Å². The third kappa shape index (κ3) is 4.20. The van der Waals surface area contributed by atoms with Gasteiger partial charge in [-0.25, -0.2) is 0 Å². The van der Waals surface area contributed by atoms with E-state index in [-0.39, 0.29) is 24.2 Å². The van der Waals surface area contributed by atoms with Gasteiger partial charge in [-0.1, -0.05) is 30.3 Å². The SMILES string of the molecule is O=C1CCC(c2ccccc2)=C1CC(=O)N1CCC(N2CCC[C@@H](O)C2)CC1. The number of allylic oxidation sites excluding steroid dienone is 1. The van der Waals surface area contributed by atoms with Gasteiger partial charge in [0.15, 0.2) is 5.78 Å². The van der Waals surface area contributed by atoms with E-state index in [2.05, 4.69) is 4.90 Å². The molecule has 0 spiro atoms. The number of amides is 1. The lowest BCUT2D eigenvalue weighted by molar-refractivity contribution is -0.133. The second-order valence-electron chi connectivity index (χ2n) is 8.33. The smallest absolute Gasteiger partial charge is 0.227 e. The van der Waals surface area contributed by atoms with E-state index in [1.54, 1.807) is 0 Å². The van der Waals surface area contributed by atoms with Crippen LogP contribution in [0.5, 0.6) is 0 Å². The Labute approximate surface area is 167 Å². The zero-order valence-electron chi connectivity index (χ0n) is 16.5. The number of hydrogen-bond donors (Lipinski definition) is 1. The third-order valence-corrected chi connectivity index (χ3v) is 6.51. The summed E-state index contributed by atoms with van der Waals surface area (Å²) >= 11 is 0. The zero-order valence-corrected chi connectivity index (χ0v) is 16.5. The van der Waals surface area contributed by atoms with Gasteiger partial charge in [-0.15, -0.1) is 0 Å². The van der Waals surface area contributed by atoms with Crippen molar-refractivity contribution in [3.63, 3.8) is 0 Å². The van der Waals surface area contributed by atoms with Crippen molar-refractivity contribution in [2.24, 2.45) is 0 Å². The second kappa shape index (κ2) is 8.58. The summed E-state index contributed by atoms with van der Waals surface area (Å²) in [5, 5.41) is 9.91. The molecule has 2 heterocycles. The minimum atomic E-state index is -0.204. The van der Waals surface area contributed by atoms with Gasteiger partial charge in [0.1, 0.15) is 0 Å². The number of likely N-dealkylation sites (tertiary alicyclic amines) is 2. The van der Waals surface area contributed by atoms with Crippen LogP contribution in [0.25, 0.3) is 5.57 Å². The van der Waals surface area contributed by atoms with Gasteiger partial charge in [0.25, 0.3) is 0 Å². The topological polar surface area (TPSA) is 60.9 Å². The molecular formula is C23H30N2O3. The van der Waals surface area contributed by atoms with Crippen LogP contribution in [0.2, 0.25) is 0 Å². The summed E-state index contributed by atoms with van der Waals surface area (Å²) in [6, 6.07) is 10.4. The largest absolute Gasteiger partial charge is 0.392 e. The first-order valence-corrected chi connectivity index (χ1v) is 10.6. The molecule has 2 saturated heterocycles. The molecule has 4 rings (SSSR count). The number of carbonyl (C=O) groups is 2. The van der Waals surface area contributed by atoms with Crippen molar-refractivity contribution in [2.45, 2.75) is 57.1 Å². The molecule has 0 saturated carbocycles. The molecule has 0 unspecified atom stereocenters. The average Bonchev–Trinajstić information content (AvgIpc) is 3.09. The van der Waals surface area contributed by atoms with E-state index < -0.39 is 0 Å². The number of rotatable bonds is 4. The minimum Gasteiger partial charge on any atom is -0.392 e. The standard InChI is InChI=1S/C23H30N2O3/c26-19-7-4-12-25(16-19)18-10-13-24(14-11-18)23(28)15-21-20(8-9-22(21)27)17-5-2-1-3-6-17/h1-3,5-6,18-19,26H,4,7-16H2/t19-/m1/s1. The Morgan fingerprint density at radius 3 is 2.50 bits per heavy atom. The number of Topliss-reactive ketones (excluding diaryl/α,β-unsaturated/α-hetero) is 1.